The molecular weight excluding hydrogens is 406 g/mol. The van der Waals surface area contributed by atoms with E-state index in [0.29, 0.717) is 0 Å². The predicted octanol–water partition coefficient (Wildman–Crippen LogP) is 3.03. The fraction of sp³-hybridized carbons (Fsp3) is 0.235. The molecule has 0 fully saturated rings. The van der Waals surface area contributed by atoms with Crippen LogP contribution in [0.1, 0.15) is 17.2 Å². The second-order valence-electron chi connectivity index (χ2n) is 5.85. The van der Waals surface area contributed by atoms with Gasteiger partial charge in [-0.1, -0.05) is 24.3 Å². The lowest BCUT2D eigenvalue weighted by molar-refractivity contribution is -0.0436. The van der Waals surface area contributed by atoms with Crippen molar-refractivity contribution in [1.29, 1.82) is 0 Å². The van der Waals surface area contributed by atoms with Crippen LogP contribution in [-0.2, 0) is 16.3 Å². The summed E-state index contributed by atoms with van der Waals surface area (Å²) in [6.45, 7) is 0. The number of sulfone groups is 1. The fourth-order valence-electron chi connectivity index (χ4n) is 2.52. The number of hydrogen-bond acceptors (Lipinski definition) is 4. The van der Waals surface area contributed by atoms with Crippen molar-refractivity contribution in [3.8, 4) is 0 Å². The molecule has 0 spiro atoms. The first-order valence-electron chi connectivity index (χ1n) is 7.75. The van der Waals surface area contributed by atoms with E-state index in [1.807, 2.05) is 5.32 Å². The van der Waals surface area contributed by atoms with Gasteiger partial charge in [-0.15, -0.1) is 0 Å². The van der Waals surface area contributed by atoms with Crippen LogP contribution in [0.4, 0.5) is 22.4 Å². The molecule has 0 aliphatic carbocycles. The Morgan fingerprint density at radius 3 is 2.25 bits per heavy atom. The molecule has 2 aromatic carbocycles. The third-order valence-electron chi connectivity index (χ3n) is 3.87. The SMILES string of the molecule is O=C(O)NC(Cc1cccc(S(=O)(=O)C(F)(F)F)c1)C(O)c1ccc(F)cc1. The van der Waals surface area contributed by atoms with Crippen LogP contribution >= 0.6 is 0 Å². The van der Waals surface area contributed by atoms with Gasteiger partial charge in [-0.25, -0.2) is 17.6 Å². The van der Waals surface area contributed by atoms with E-state index in [0.717, 1.165) is 30.3 Å². The summed E-state index contributed by atoms with van der Waals surface area (Å²) in [4.78, 5) is 10.0. The molecule has 0 saturated heterocycles. The molecule has 2 unspecified atom stereocenters. The lowest BCUT2D eigenvalue weighted by Gasteiger charge is -2.23. The van der Waals surface area contributed by atoms with Crippen LogP contribution < -0.4 is 5.32 Å². The highest BCUT2D eigenvalue weighted by Gasteiger charge is 2.46. The van der Waals surface area contributed by atoms with Crippen LogP contribution in [0.15, 0.2) is 53.4 Å². The number of halogens is 4. The van der Waals surface area contributed by atoms with Gasteiger partial charge in [-0.3, -0.25) is 0 Å². The zero-order chi connectivity index (χ0) is 21.1. The largest absolute Gasteiger partial charge is 0.501 e. The number of aliphatic hydroxyl groups excluding tert-OH is 1. The Balaban J connectivity index is 2.34. The number of aliphatic hydroxyl groups is 1. The van der Waals surface area contributed by atoms with Gasteiger partial charge in [0.05, 0.1) is 17.0 Å². The molecule has 0 heterocycles. The number of carbonyl (C=O) groups is 1. The summed E-state index contributed by atoms with van der Waals surface area (Å²) in [6, 6.07) is 7.22. The average molecular weight is 421 g/mol. The van der Waals surface area contributed by atoms with Crippen molar-refractivity contribution in [2.24, 2.45) is 0 Å². The molecule has 28 heavy (non-hydrogen) atoms. The minimum Gasteiger partial charge on any atom is -0.465 e. The van der Waals surface area contributed by atoms with Crippen molar-refractivity contribution < 1.29 is 41.0 Å². The first kappa shape index (κ1) is 21.6. The maximum Gasteiger partial charge on any atom is 0.501 e. The van der Waals surface area contributed by atoms with Crippen LogP contribution in [0.25, 0.3) is 0 Å². The Labute approximate surface area is 157 Å². The molecule has 2 atom stereocenters. The van der Waals surface area contributed by atoms with Crippen molar-refractivity contribution in [2.75, 3.05) is 0 Å². The van der Waals surface area contributed by atoms with Gasteiger partial charge in [-0.05, 0) is 41.8 Å². The normalized spacial score (nSPS) is 14.3. The number of hydrogen-bond donors (Lipinski definition) is 3. The van der Waals surface area contributed by atoms with Crippen molar-refractivity contribution in [3.05, 3.63) is 65.5 Å². The first-order chi connectivity index (χ1) is 12.9. The summed E-state index contributed by atoms with van der Waals surface area (Å²) in [5, 5.41) is 21.4. The van der Waals surface area contributed by atoms with Gasteiger partial charge in [0, 0.05) is 0 Å². The topological polar surface area (TPSA) is 104 Å². The van der Waals surface area contributed by atoms with Crippen molar-refractivity contribution >= 4 is 15.9 Å². The number of nitrogens with one attached hydrogen (secondary N) is 1. The average Bonchev–Trinajstić information content (AvgIpc) is 2.60. The molecule has 0 bridgehead atoms. The lowest BCUT2D eigenvalue weighted by Crippen LogP contribution is -2.40. The second kappa shape index (κ2) is 8.15. The second-order valence-corrected chi connectivity index (χ2v) is 7.79. The molecule has 3 N–H and O–H groups in total. The Bertz CT molecular complexity index is 945. The molecule has 1 amide bonds. The smallest absolute Gasteiger partial charge is 0.465 e. The molecule has 0 aliphatic rings. The van der Waals surface area contributed by atoms with Gasteiger partial charge in [0.2, 0.25) is 0 Å². The molecular formula is C17H15F4NO5S. The predicted molar refractivity (Wildman–Crippen MR) is 89.7 cm³/mol. The monoisotopic (exact) mass is 421 g/mol. The van der Waals surface area contributed by atoms with E-state index in [4.69, 9.17) is 5.11 Å². The quantitative estimate of drug-likeness (QED) is 0.622. The van der Waals surface area contributed by atoms with E-state index >= 15 is 0 Å². The number of benzene rings is 2. The number of rotatable bonds is 6. The zero-order valence-corrected chi connectivity index (χ0v) is 14.8. The minimum atomic E-state index is -5.58. The zero-order valence-electron chi connectivity index (χ0n) is 14.0. The minimum absolute atomic E-state index is 0.0465. The number of alkyl halides is 3. The Morgan fingerprint density at radius 2 is 1.71 bits per heavy atom. The van der Waals surface area contributed by atoms with Gasteiger partial charge >= 0.3 is 11.6 Å². The number of carboxylic acid groups (broad SMARTS) is 1. The standard InChI is InChI=1S/C17H15F4NO5S/c18-12-6-4-11(5-7-12)15(23)14(22-16(24)25)9-10-2-1-3-13(8-10)28(26,27)17(19,20)21/h1-8,14-15,22-23H,9H2,(H,24,25). The summed E-state index contributed by atoms with van der Waals surface area (Å²) >= 11 is 0. The van der Waals surface area contributed by atoms with Gasteiger partial charge in [-0.2, -0.15) is 13.2 Å². The molecule has 2 rings (SSSR count). The third-order valence-corrected chi connectivity index (χ3v) is 5.35. The van der Waals surface area contributed by atoms with Gasteiger partial charge in [0.25, 0.3) is 9.84 Å². The van der Waals surface area contributed by atoms with Crippen LogP contribution in [-0.4, -0.2) is 36.3 Å². The van der Waals surface area contributed by atoms with Crippen LogP contribution in [0.5, 0.6) is 0 Å². The van der Waals surface area contributed by atoms with Gasteiger partial charge in [0.1, 0.15) is 5.82 Å². The van der Waals surface area contributed by atoms with E-state index in [2.05, 4.69) is 0 Å². The van der Waals surface area contributed by atoms with Crippen molar-refractivity contribution in [1.82, 2.24) is 5.32 Å². The van der Waals surface area contributed by atoms with Crippen LogP contribution in [0.3, 0.4) is 0 Å². The van der Waals surface area contributed by atoms with Crippen molar-refractivity contribution in [2.45, 2.75) is 29.0 Å². The highest BCUT2D eigenvalue weighted by molar-refractivity contribution is 7.92. The molecule has 0 aromatic heterocycles. The molecule has 2 aromatic rings. The molecule has 11 heteroatoms. The summed E-state index contributed by atoms with van der Waals surface area (Å²) in [7, 11) is -5.58. The van der Waals surface area contributed by atoms with E-state index in [9.17, 15) is 35.9 Å². The van der Waals surface area contributed by atoms with E-state index in [1.54, 1.807) is 0 Å². The highest BCUT2D eigenvalue weighted by atomic mass is 32.2. The van der Waals surface area contributed by atoms with Gasteiger partial charge in [0.15, 0.2) is 0 Å². The molecule has 0 aliphatic heterocycles. The van der Waals surface area contributed by atoms with Crippen molar-refractivity contribution in [3.63, 3.8) is 0 Å². The Morgan fingerprint density at radius 1 is 1.11 bits per heavy atom. The van der Waals surface area contributed by atoms with E-state index in [1.165, 1.54) is 18.2 Å². The maximum atomic E-state index is 13.0. The molecule has 0 saturated carbocycles. The fourth-order valence-corrected chi connectivity index (χ4v) is 3.35. The molecule has 152 valence electrons. The molecule has 6 nitrogen and oxygen atoms in total. The van der Waals surface area contributed by atoms with Gasteiger partial charge < -0.3 is 15.5 Å². The highest BCUT2D eigenvalue weighted by Crippen LogP contribution is 2.31. The first-order valence-corrected chi connectivity index (χ1v) is 9.23. The summed E-state index contributed by atoms with van der Waals surface area (Å²) < 4.78 is 74.3. The number of amides is 1. The summed E-state index contributed by atoms with van der Waals surface area (Å²) in [6.07, 6.45) is -3.28. The Kier molecular flexibility index (Phi) is 6.30. The van der Waals surface area contributed by atoms with E-state index in [-0.39, 0.29) is 17.5 Å². The van der Waals surface area contributed by atoms with Crippen LogP contribution in [0, 0.1) is 5.82 Å². The Hall–Kier alpha value is -2.66. The van der Waals surface area contributed by atoms with E-state index < -0.39 is 44.3 Å². The lowest BCUT2D eigenvalue weighted by atomic mass is 9.96. The third kappa shape index (κ3) is 4.98. The summed E-state index contributed by atoms with van der Waals surface area (Å²) in [5.41, 5.74) is -5.28. The summed E-state index contributed by atoms with van der Waals surface area (Å²) in [5.74, 6) is -0.580. The van der Waals surface area contributed by atoms with Crippen LogP contribution in [0.2, 0.25) is 0 Å². The molecule has 0 radical (unpaired) electrons. The maximum absolute atomic E-state index is 13.0.